The molecule has 0 spiro atoms. The Morgan fingerprint density at radius 2 is 2.11 bits per heavy atom. The van der Waals surface area contributed by atoms with Crippen molar-refractivity contribution in [1.29, 1.82) is 0 Å². The Bertz CT molecular complexity index is 386. The lowest BCUT2D eigenvalue weighted by Crippen LogP contribution is -2.42. The van der Waals surface area contributed by atoms with Crippen LogP contribution >= 0.6 is 0 Å². The van der Waals surface area contributed by atoms with Crippen molar-refractivity contribution < 1.29 is 5.11 Å². The van der Waals surface area contributed by atoms with E-state index in [1.54, 1.807) is 0 Å². The van der Waals surface area contributed by atoms with Gasteiger partial charge in [0.15, 0.2) is 0 Å². The lowest BCUT2D eigenvalue weighted by atomic mass is 9.90. The number of nitrogens with one attached hydrogen (secondary N) is 1. The summed E-state index contributed by atoms with van der Waals surface area (Å²) in [6.07, 6.45) is 4.90. The monoisotopic (exact) mass is 262 g/mol. The van der Waals surface area contributed by atoms with Crippen LogP contribution in [0, 0.1) is 0 Å². The van der Waals surface area contributed by atoms with Crippen molar-refractivity contribution in [3.63, 3.8) is 0 Å². The molecular weight excluding hydrogens is 236 g/mol. The van der Waals surface area contributed by atoms with Crippen LogP contribution in [-0.2, 0) is 0 Å². The van der Waals surface area contributed by atoms with E-state index >= 15 is 0 Å². The minimum Gasteiger partial charge on any atom is -0.395 e. The van der Waals surface area contributed by atoms with E-state index in [4.69, 9.17) is 0 Å². The smallest absolute Gasteiger partial charge is 0.0606 e. The first-order valence-electron chi connectivity index (χ1n) is 7.45. The Labute approximate surface area is 116 Å². The standard InChI is InChI=1S/C16H26N2O/c1-3-15(17-2)14-9-4-5-10-16(14)18(11-12-19)13-7-6-8-13/h4-5,9-10,13,15,17,19H,3,6-8,11-12H2,1-2H3. The van der Waals surface area contributed by atoms with Gasteiger partial charge in [0, 0.05) is 24.3 Å². The minimum atomic E-state index is 0.223. The van der Waals surface area contributed by atoms with Crippen LogP contribution in [0.5, 0.6) is 0 Å². The first-order chi connectivity index (χ1) is 9.31. The van der Waals surface area contributed by atoms with Gasteiger partial charge in [-0.1, -0.05) is 25.1 Å². The number of aliphatic hydroxyl groups is 1. The molecular formula is C16H26N2O. The quantitative estimate of drug-likeness (QED) is 0.793. The third-order valence-corrected chi connectivity index (χ3v) is 4.23. The van der Waals surface area contributed by atoms with E-state index in [1.165, 1.54) is 30.5 Å². The third kappa shape index (κ3) is 3.10. The van der Waals surface area contributed by atoms with Crippen LogP contribution in [-0.4, -0.2) is 31.3 Å². The molecule has 0 radical (unpaired) electrons. The topological polar surface area (TPSA) is 35.5 Å². The van der Waals surface area contributed by atoms with Gasteiger partial charge in [0.1, 0.15) is 0 Å². The van der Waals surface area contributed by atoms with E-state index in [0.717, 1.165) is 13.0 Å². The summed E-state index contributed by atoms with van der Waals surface area (Å²) in [6.45, 7) is 3.17. The summed E-state index contributed by atoms with van der Waals surface area (Å²) in [5.41, 5.74) is 2.65. The molecule has 1 aliphatic rings. The Morgan fingerprint density at radius 1 is 1.37 bits per heavy atom. The van der Waals surface area contributed by atoms with Crippen LogP contribution in [0.3, 0.4) is 0 Å². The van der Waals surface area contributed by atoms with E-state index in [2.05, 4.69) is 41.4 Å². The van der Waals surface area contributed by atoms with Gasteiger partial charge in [-0.05, 0) is 44.4 Å². The van der Waals surface area contributed by atoms with Crippen molar-refractivity contribution in [2.75, 3.05) is 25.1 Å². The van der Waals surface area contributed by atoms with Crippen LogP contribution in [0.1, 0.15) is 44.2 Å². The van der Waals surface area contributed by atoms with Gasteiger partial charge in [-0.3, -0.25) is 0 Å². The molecule has 3 nitrogen and oxygen atoms in total. The van der Waals surface area contributed by atoms with Crippen molar-refractivity contribution in [3.8, 4) is 0 Å². The Hall–Kier alpha value is -1.06. The summed E-state index contributed by atoms with van der Waals surface area (Å²) in [4.78, 5) is 2.40. The zero-order valence-electron chi connectivity index (χ0n) is 12.1. The summed E-state index contributed by atoms with van der Waals surface area (Å²) in [7, 11) is 2.02. The number of hydrogen-bond donors (Lipinski definition) is 2. The average Bonchev–Trinajstić information content (AvgIpc) is 2.38. The van der Waals surface area contributed by atoms with Crippen molar-refractivity contribution in [1.82, 2.24) is 5.32 Å². The fraction of sp³-hybridized carbons (Fsp3) is 0.625. The van der Waals surface area contributed by atoms with Crippen molar-refractivity contribution >= 4 is 5.69 Å². The van der Waals surface area contributed by atoms with Crippen molar-refractivity contribution in [2.24, 2.45) is 0 Å². The Kier molecular flexibility index (Phi) is 5.23. The van der Waals surface area contributed by atoms with Crippen LogP contribution in [0.4, 0.5) is 5.69 Å². The van der Waals surface area contributed by atoms with Gasteiger partial charge < -0.3 is 15.3 Å². The molecule has 0 heterocycles. The number of hydrogen-bond acceptors (Lipinski definition) is 3. The summed E-state index contributed by atoms with van der Waals surface area (Å²) in [5, 5.41) is 12.7. The highest BCUT2D eigenvalue weighted by Gasteiger charge is 2.27. The van der Waals surface area contributed by atoms with Gasteiger partial charge >= 0.3 is 0 Å². The molecule has 3 heteroatoms. The first-order valence-corrected chi connectivity index (χ1v) is 7.45. The maximum Gasteiger partial charge on any atom is 0.0606 e. The fourth-order valence-electron chi connectivity index (χ4n) is 2.93. The molecule has 106 valence electrons. The van der Waals surface area contributed by atoms with Gasteiger partial charge in [-0.15, -0.1) is 0 Å². The molecule has 1 saturated carbocycles. The van der Waals surface area contributed by atoms with Crippen LogP contribution in [0.15, 0.2) is 24.3 Å². The first kappa shape index (κ1) is 14.4. The largest absolute Gasteiger partial charge is 0.395 e. The maximum atomic E-state index is 9.35. The molecule has 0 aliphatic heterocycles. The molecule has 1 atom stereocenters. The normalized spacial score (nSPS) is 17.0. The number of rotatable bonds is 7. The molecule has 1 fully saturated rings. The van der Waals surface area contributed by atoms with Crippen LogP contribution < -0.4 is 10.2 Å². The summed E-state index contributed by atoms with van der Waals surface area (Å²) in [6, 6.07) is 9.62. The SMILES string of the molecule is CCC(NC)c1ccccc1N(CCO)C1CCC1. The summed E-state index contributed by atoms with van der Waals surface area (Å²) in [5.74, 6) is 0. The molecule has 0 amide bonds. The molecule has 2 rings (SSSR count). The number of aliphatic hydroxyl groups excluding tert-OH is 1. The molecule has 1 aliphatic carbocycles. The van der Waals surface area contributed by atoms with Gasteiger partial charge in [0.05, 0.1) is 6.61 Å². The molecule has 1 aromatic carbocycles. The zero-order valence-corrected chi connectivity index (χ0v) is 12.1. The van der Waals surface area contributed by atoms with E-state index in [0.29, 0.717) is 12.1 Å². The van der Waals surface area contributed by atoms with Crippen LogP contribution in [0.2, 0.25) is 0 Å². The molecule has 0 aromatic heterocycles. The van der Waals surface area contributed by atoms with E-state index in [9.17, 15) is 5.11 Å². The molecule has 0 bridgehead atoms. The highest BCUT2D eigenvalue weighted by atomic mass is 16.3. The van der Waals surface area contributed by atoms with Gasteiger partial charge in [0.25, 0.3) is 0 Å². The predicted octanol–water partition coefficient (Wildman–Crippen LogP) is 2.71. The second kappa shape index (κ2) is 6.92. The molecule has 1 unspecified atom stereocenters. The number of para-hydroxylation sites is 1. The number of anilines is 1. The number of benzene rings is 1. The Balaban J connectivity index is 2.29. The van der Waals surface area contributed by atoms with E-state index in [1.807, 2.05) is 7.05 Å². The maximum absolute atomic E-state index is 9.35. The van der Waals surface area contributed by atoms with Gasteiger partial charge in [0.2, 0.25) is 0 Å². The second-order valence-corrected chi connectivity index (χ2v) is 5.31. The lowest BCUT2D eigenvalue weighted by Gasteiger charge is -2.40. The molecule has 1 aromatic rings. The average molecular weight is 262 g/mol. The second-order valence-electron chi connectivity index (χ2n) is 5.31. The molecule has 2 N–H and O–H groups in total. The third-order valence-electron chi connectivity index (χ3n) is 4.23. The highest BCUT2D eigenvalue weighted by molar-refractivity contribution is 5.56. The van der Waals surface area contributed by atoms with Crippen LogP contribution in [0.25, 0.3) is 0 Å². The van der Waals surface area contributed by atoms with Crippen molar-refractivity contribution in [3.05, 3.63) is 29.8 Å². The van der Waals surface area contributed by atoms with E-state index in [-0.39, 0.29) is 6.61 Å². The fourth-order valence-corrected chi connectivity index (χ4v) is 2.93. The predicted molar refractivity (Wildman–Crippen MR) is 80.6 cm³/mol. The molecule has 0 saturated heterocycles. The lowest BCUT2D eigenvalue weighted by molar-refractivity contribution is 0.283. The minimum absolute atomic E-state index is 0.223. The van der Waals surface area contributed by atoms with Gasteiger partial charge in [-0.25, -0.2) is 0 Å². The number of nitrogens with zero attached hydrogens (tertiary/aromatic N) is 1. The molecule has 19 heavy (non-hydrogen) atoms. The van der Waals surface area contributed by atoms with E-state index < -0.39 is 0 Å². The highest BCUT2D eigenvalue weighted by Crippen LogP contribution is 2.34. The summed E-state index contributed by atoms with van der Waals surface area (Å²) < 4.78 is 0. The summed E-state index contributed by atoms with van der Waals surface area (Å²) >= 11 is 0. The Morgan fingerprint density at radius 3 is 2.63 bits per heavy atom. The zero-order chi connectivity index (χ0) is 13.7. The van der Waals surface area contributed by atoms with Gasteiger partial charge in [-0.2, -0.15) is 0 Å². The van der Waals surface area contributed by atoms with Crippen molar-refractivity contribution in [2.45, 2.75) is 44.7 Å².